The number of fused-ring (bicyclic) bond motifs is 1. The van der Waals surface area contributed by atoms with Gasteiger partial charge in [0.15, 0.2) is 0 Å². The van der Waals surface area contributed by atoms with Gasteiger partial charge in [0.05, 0.1) is 11.5 Å². The SMILES string of the molecule is CCN1CCN(C(=O)OC(C)(C)C)Cc2ccc([N+](=O)[O-])cc21. The van der Waals surface area contributed by atoms with Crippen LogP contribution in [0.3, 0.4) is 0 Å². The molecule has 1 aliphatic heterocycles. The zero-order valence-electron chi connectivity index (χ0n) is 14.0. The number of ether oxygens (including phenoxy) is 1. The van der Waals surface area contributed by atoms with Crippen molar-refractivity contribution >= 4 is 17.5 Å². The number of carbonyl (C=O) groups is 1. The molecule has 7 heteroatoms. The molecule has 1 aromatic rings. The van der Waals surface area contributed by atoms with Crippen molar-refractivity contribution < 1.29 is 14.5 Å². The second-order valence-electron chi connectivity index (χ2n) is 6.55. The van der Waals surface area contributed by atoms with Crippen molar-refractivity contribution in [2.24, 2.45) is 0 Å². The third kappa shape index (κ3) is 4.12. The number of anilines is 1. The Morgan fingerprint density at radius 3 is 2.61 bits per heavy atom. The first-order valence-electron chi connectivity index (χ1n) is 7.71. The van der Waals surface area contributed by atoms with Gasteiger partial charge in [0, 0.05) is 37.5 Å². The molecule has 0 aliphatic carbocycles. The predicted molar refractivity (Wildman–Crippen MR) is 87.6 cm³/mol. The summed E-state index contributed by atoms with van der Waals surface area (Å²) in [5, 5.41) is 11.0. The van der Waals surface area contributed by atoms with E-state index in [9.17, 15) is 14.9 Å². The maximum Gasteiger partial charge on any atom is 0.410 e. The molecule has 0 radical (unpaired) electrons. The number of non-ortho nitro benzene ring substituents is 1. The highest BCUT2D eigenvalue weighted by Gasteiger charge is 2.27. The lowest BCUT2D eigenvalue weighted by Gasteiger charge is -2.26. The number of nitro benzene ring substituents is 1. The van der Waals surface area contributed by atoms with Gasteiger partial charge in [-0.3, -0.25) is 10.1 Å². The predicted octanol–water partition coefficient (Wildman–Crippen LogP) is 3.17. The number of carbonyl (C=O) groups excluding carboxylic acids is 1. The van der Waals surface area contributed by atoms with Crippen LogP contribution in [0.15, 0.2) is 18.2 Å². The molecule has 0 atom stereocenters. The van der Waals surface area contributed by atoms with E-state index in [1.54, 1.807) is 17.0 Å². The van der Waals surface area contributed by atoms with Crippen LogP contribution in [0.1, 0.15) is 33.3 Å². The Morgan fingerprint density at radius 2 is 2.04 bits per heavy atom. The molecule has 1 heterocycles. The highest BCUT2D eigenvalue weighted by molar-refractivity contribution is 5.70. The molecule has 0 unspecified atom stereocenters. The van der Waals surface area contributed by atoms with E-state index in [0.29, 0.717) is 19.6 Å². The first-order valence-corrected chi connectivity index (χ1v) is 7.71. The van der Waals surface area contributed by atoms with E-state index >= 15 is 0 Å². The van der Waals surface area contributed by atoms with E-state index in [2.05, 4.69) is 0 Å². The number of nitro groups is 1. The number of nitrogens with zero attached hydrogens (tertiary/aromatic N) is 3. The number of likely N-dealkylation sites (N-methyl/N-ethyl adjacent to an activating group) is 1. The van der Waals surface area contributed by atoms with Gasteiger partial charge in [-0.1, -0.05) is 0 Å². The smallest absolute Gasteiger partial charge is 0.410 e. The maximum absolute atomic E-state index is 12.3. The van der Waals surface area contributed by atoms with E-state index in [1.807, 2.05) is 32.6 Å². The minimum atomic E-state index is -0.549. The van der Waals surface area contributed by atoms with E-state index in [4.69, 9.17) is 4.74 Å². The molecule has 0 bridgehead atoms. The molecule has 0 saturated carbocycles. The van der Waals surface area contributed by atoms with E-state index in [-0.39, 0.29) is 11.8 Å². The van der Waals surface area contributed by atoms with Crippen molar-refractivity contribution in [3.05, 3.63) is 33.9 Å². The van der Waals surface area contributed by atoms with Gasteiger partial charge in [0.1, 0.15) is 5.60 Å². The standard InChI is InChI=1S/C16H23N3O4/c1-5-17-8-9-18(15(20)23-16(2,3)4)11-12-6-7-13(19(21)22)10-14(12)17/h6-7,10H,5,8-9,11H2,1-4H3. The van der Waals surface area contributed by atoms with Gasteiger partial charge in [-0.05, 0) is 39.3 Å². The molecule has 23 heavy (non-hydrogen) atoms. The number of benzene rings is 1. The third-order valence-corrected chi connectivity index (χ3v) is 3.65. The summed E-state index contributed by atoms with van der Waals surface area (Å²) < 4.78 is 5.44. The third-order valence-electron chi connectivity index (χ3n) is 3.65. The first kappa shape index (κ1) is 17.1. The number of amides is 1. The minimum Gasteiger partial charge on any atom is -0.444 e. The number of hydrogen-bond donors (Lipinski definition) is 0. The fraction of sp³-hybridized carbons (Fsp3) is 0.562. The lowest BCUT2D eigenvalue weighted by molar-refractivity contribution is -0.384. The second kappa shape index (κ2) is 6.44. The zero-order chi connectivity index (χ0) is 17.2. The van der Waals surface area contributed by atoms with E-state index in [0.717, 1.165) is 17.8 Å². The van der Waals surface area contributed by atoms with Crippen molar-refractivity contribution in [1.29, 1.82) is 0 Å². The van der Waals surface area contributed by atoms with Crippen molar-refractivity contribution in [3.63, 3.8) is 0 Å². The molecule has 0 N–H and O–H groups in total. The van der Waals surface area contributed by atoms with Crippen LogP contribution >= 0.6 is 0 Å². The Hall–Kier alpha value is -2.31. The summed E-state index contributed by atoms with van der Waals surface area (Å²) in [5.74, 6) is 0. The van der Waals surface area contributed by atoms with Crippen LogP contribution in [-0.4, -0.2) is 41.2 Å². The number of rotatable bonds is 2. The van der Waals surface area contributed by atoms with Crippen molar-refractivity contribution in [1.82, 2.24) is 4.90 Å². The monoisotopic (exact) mass is 321 g/mol. The Labute approximate surface area is 136 Å². The average Bonchev–Trinajstić information content (AvgIpc) is 2.63. The van der Waals surface area contributed by atoms with Gasteiger partial charge in [0.25, 0.3) is 5.69 Å². The van der Waals surface area contributed by atoms with Gasteiger partial charge in [-0.15, -0.1) is 0 Å². The number of hydrogen-bond acceptors (Lipinski definition) is 5. The maximum atomic E-state index is 12.3. The van der Waals surface area contributed by atoms with Crippen LogP contribution < -0.4 is 4.90 Å². The highest BCUT2D eigenvalue weighted by atomic mass is 16.6. The van der Waals surface area contributed by atoms with Crippen molar-refractivity contribution in [2.75, 3.05) is 24.5 Å². The van der Waals surface area contributed by atoms with Crippen LogP contribution in [0.4, 0.5) is 16.2 Å². The highest BCUT2D eigenvalue weighted by Crippen LogP contribution is 2.29. The summed E-state index contributed by atoms with van der Waals surface area (Å²) in [6.07, 6.45) is -0.361. The summed E-state index contributed by atoms with van der Waals surface area (Å²) >= 11 is 0. The molecular formula is C16H23N3O4. The normalized spacial score (nSPS) is 15.0. The van der Waals surface area contributed by atoms with Gasteiger partial charge in [-0.2, -0.15) is 0 Å². The van der Waals surface area contributed by atoms with Crippen LogP contribution in [0.2, 0.25) is 0 Å². The molecule has 0 spiro atoms. The summed E-state index contributed by atoms with van der Waals surface area (Å²) in [5.41, 5.74) is 1.22. The Kier molecular flexibility index (Phi) is 4.77. The summed E-state index contributed by atoms with van der Waals surface area (Å²) in [7, 11) is 0. The fourth-order valence-corrected chi connectivity index (χ4v) is 2.55. The minimum absolute atomic E-state index is 0.0629. The van der Waals surface area contributed by atoms with Crippen LogP contribution in [0.5, 0.6) is 0 Å². The second-order valence-corrected chi connectivity index (χ2v) is 6.55. The van der Waals surface area contributed by atoms with Crippen molar-refractivity contribution in [2.45, 2.75) is 39.8 Å². The van der Waals surface area contributed by atoms with Gasteiger partial charge in [-0.25, -0.2) is 4.79 Å². The van der Waals surface area contributed by atoms with Crippen molar-refractivity contribution in [3.8, 4) is 0 Å². The lowest BCUT2D eigenvalue weighted by Crippen LogP contribution is -2.39. The Morgan fingerprint density at radius 1 is 1.35 bits per heavy atom. The molecule has 0 saturated heterocycles. The topological polar surface area (TPSA) is 75.9 Å². The molecule has 1 aliphatic rings. The lowest BCUT2D eigenvalue weighted by atomic mass is 10.1. The Bertz CT molecular complexity index is 610. The van der Waals surface area contributed by atoms with Gasteiger partial charge < -0.3 is 14.5 Å². The molecule has 7 nitrogen and oxygen atoms in total. The van der Waals surface area contributed by atoms with Crippen LogP contribution in [-0.2, 0) is 11.3 Å². The van der Waals surface area contributed by atoms with Gasteiger partial charge >= 0.3 is 6.09 Å². The average molecular weight is 321 g/mol. The fourth-order valence-electron chi connectivity index (χ4n) is 2.55. The summed E-state index contributed by atoms with van der Waals surface area (Å²) in [6, 6.07) is 4.78. The molecule has 1 amide bonds. The van der Waals surface area contributed by atoms with Gasteiger partial charge in [0.2, 0.25) is 0 Å². The van der Waals surface area contributed by atoms with Crippen LogP contribution in [0.25, 0.3) is 0 Å². The zero-order valence-corrected chi connectivity index (χ0v) is 14.0. The molecule has 0 aromatic heterocycles. The van der Waals surface area contributed by atoms with E-state index < -0.39 is 10.5 Å². The Balaban J connectivity index is 2.30. The largest absolute Gasteiger partial charge is 0.444 e. The molecule has 126 valence electrons. The van der Waals surface area contributed by atoms with Crippen LogP contribution in [0, 0.1) is 10.1 Å². The first-order chi connectivity index (χ1) is 10.7. The molecule has 2 rings (SSSR count). The molecule has 0 fully saturated rings. The summed E-state index contributed by atoms with van der Waals surface area (Å²) in [6.45, 7) is 9.73. The summed E-state index contributed by atoms with van der Waals surface area (Å²) in [4.78, 5) is 26.6. The molecule has 1 aromatic carbocycles. The van der Waals surface area contributed by atoms with E-state index in [1.165, 1.54) is 6.07 Å². The molecular weight excluding hydrogens is 298 g/mol. The quantitative estimate of drug-likeness (QED) is 0.617.